The summed E-state index contributed by atoms with van der Waals surface area (Å²) < 4.78 is 16.5. The molecular formula is C21H21FN6O2. The molecule has 1 aromatic carbocycles. The third kappa shape index (κ3) is 3.43. The maximum Gasteiger partial charge on any atom is 0.214 e. The van der Waals surface area contributed by atoms with Crippen LogP contribution in [-0.4, -0.2) is 31.7 Å². The molecule has 0 aliphatic heterocycles. The molecule has 4 aromatic rings. The number of halogens is 1. The average Bonchev–Trinajstić information content (AvgIpc) is 3.18. The van der Waals surface area contributed by atoms with Crippen LogP contribution in [-0.2, 0) is 12.0 Å². The number of hydrogen-bond acceptors (Lipinski definition) is 6. The molecule has 3 heterocycles. The summed E-state index contributed by atoms with van der Waals surface area (Å²) in [5, 5.41) is 31.2. The van der Waals surface area contributed by atoms with E-state index >= 15 is 0 Å². The monoisotopic (exact) mass is 408 g/mol. The minimum Gasteiger partial charge on any atom is -0.618 e. The highest BCUT2D eigenvalue weighted by atomic mass is 19.1. The second-order valence-electron chi connectivity index (χ2n) is 7.77. The molecular weight excluding hydrogens is 387 g/mol. The summed E-state index contributed by atoms with van der Waals surface area (Å²) in [7, 11) is 0. The van der Waals surface area contributed by atoms with Gasteiger partial charge in [0.1, 0.15) is 29.4 Å². The Morgan fingerprint density at radius 2 is 2.00 bits per heavy atom. The largest absolute Gasteiger partial charge is 0.618 e. The van der Waals surface area contributed by atoms with E-state index in [1.54, 1.807) is 56.4 Å². The van der Waals surface area contributed by atoms with Gasteiger partial charge < -0.3 is 16.0 Å². The molecule has 9 heteroatoms. The van der Waals surface area contributed by atoms with Crippen LogP contribution in [0.25, 0.3) is 22.2 Å². The topological polar surface area (TPSA) is 117 Å². The van der Waals surface area contributed by atoms with Gasteiger partial charge in [-0.25, -0.2) is 14.1 Å². The molecule has 4 rings (SSSR count). The lowest BCUT2D eigenvalue weighted by Crippen LogP contribution is -2.44. The Hall–Kier alpha value is -3.59. The van der Waals surface area contributed by atoms with Crippen LogP contribution in [0.1, 0.15) is 25.2 Å². The van der Waals surface area contributed by atoms with Crippen molar-refractivity contribution in [1.29, 1.82) is 0 Å². The van der Waals surface area contributed by atoms with Gasteiger partial charge in [0, 0.05) is 23.1 Å². The zero-order chi connectivity index (χ0) is 21.5. The number of nitrogens with two attached hydrogens (primary N) is 1. The van der Waals surface area contributed by atoms with Gasteiger partial charge in [-0.2, -0.15) is 4.73 Å². The molecule has 0 spiro atoms. The van der Waals surface area contributed by atoms with E-state index in [0.29, 0.717) is 28.0 Å². The molecule has 154 valence electrons. The van der Waals surface area contributed by atoms with Crippen molar-refractivity contribution >= 4 is 16.7 Å². The van der Waals surface area contributed by atoms with Crippen molar-refractivity contribution in [3.8, 4) is 11.3 Å². The first-order chi connectivity index (χ1) is 14.3. The van der Waals surface area contributed by atoms with Gasteiger partial charge in [-0.15, -0.1) is 5.10 Å². The summed E-state index contributed by atoms with van der Waals surface area (Å²) in [5.41, 5.74) is 7.35. The van der Waals surface area contributed by atoms with Gasteiger partial charge in [0.2, 0.25) is 11.4 Å². The molecule has 0 atom stereocenters. The average molecular weight is 408 g/mol. The van der Waals surface area contributed by atoms with E-state index in [1.807, 2.05) is 0 Å². The van der Waals surface area contributed by atoms with Gasteiger partial charge in [0.25, 0.3) is 0 Å². The maximum atomic E-state index is 14.1. The second kappa shape index (κ2) is 7.34. The Morgan fingerprint density at radius 3 is 2.77 bits per heavy atom. The van der Waals surface area contributed by atoms with Crippen LogP contribution < -0.4 is 10.5 Å². The molecule has 0 bridgehead atoms. The van der Waals surface area contributed by atoms with Gasteiger partial charge in [-0.3, -0.25) is 0 Å². The Labute approximate surface area is 172 Å². The van der Waals surface area contributed by atoms with E-state index in [1.165, 1.54) is 10.7 Å². The van der Waals surface area contributed by atoms with Crippen molar-refractivity contribution in [1.82, 2.24) is 20.0 Å². The van der Waals surface area contributed by atoms with Crippen LogP contribution in [0.2, 0.25) is 0 Å². The van der Waals surface area contributed by atoms with Crippen LogP contribution in [0.5, 0.6) is 0 Å². The molecule has 0 amide bonds. The minimum absolute atomic E-state index is 0.154. The first-order valence-corrected chi connectivity index (χ1v) is 9.38. The van der Waals surface area contributed by atoms with Gasteiger partial charge in [-0.05, 0) is 32.0 Å². The van der Waals surface area contributed by atoms with Crippen LogP contribution in [0.3, 0.4) is 0 Å². The fourth-order valence-corrected chi connectivity index (χ4v) is 3.35. The van der Waals surface area contributed by atoms with Crippen molar-refractivity contribution in [3.05, 3.63) is 71.1 Å². The van der Waals surface area contributed by atoms with Crippen LogP contribution >= 0.6 is 0 Å². The summed E-state index contributed by atoms with van der Waals surface area (Å²) in [6.45, 7) is 3.62. The minimum atomic E-state index is -0.678. The lowest BCUT2D eigenvalue weighted by Gasteiger charge is -2.21. The third-order valence-electron chi connectivity index (χ3n) is 5.06. The predicted octanol–water partition coefficient (Wildman–Crippen LogP) is 2.17. The normalized spacial score (nSPS) is 11.9. The number of pyridine rings is 2. The summed E-state index contributed by atoms with van der Waals surface area (Å²) in [6.07, 6.45) is 1.67. The van der Waals surface area contributed by atoms with Gasteiger partial charge in [-0.1, -0.05) is 17.3 Å². The number of aliphatic hydroxyl groups excluding tert-OH is 1. The Morgan fingerprint density at radius 1 is 1.23 bits per heavy atom. The molecule has 0 aliphatic rings. The quantitative estimate of drug-likeness (QED) is 0.386. The Balaban J connectivity index is 1.71. The fourth-order valence-electron chi connectivity index (χ4n) is 3.35. The van der Waals surface area contributed by atoms with E-state index < -0.39 is 11.2 Å². The summed E-state index contributed by atoms with van der Waals surface area (Å²) in [6, 6.07) is 11.4. The summed E-state index contributed by atoms with van der Waals surface area (Å²) >= 11 is 0. The van der Waals surface area contributed by atoms with Crippen LogP contribution in [0.4, 0.5) is 10.2 Å². The van der Waals surface area contributed by atoms with Crippen molar-refractivity contribution in [2.24, 2.45) is 0 Å². The fraction of sp³-hybridized carbons (Fsp3) is 0.238. The zero-order valence-electron chi connectivity index (χ0n) is 16.6. The smallest absolute Gasteiger partial charge is 0.214 e. The molecule has 0 saturated heterocycles. The number of hydrogen-bond donors (Lipinski definition) is 2. The van der Waals surface area contributed by atoms with Crippen molar-refractivity contribution in [2.75, 3.05) is 12.3 Å². The van der Waals surface area contributed by atoms with E-state index in [0.717, 1.165) is 4.73 Å². The second-order valence-corrected chi connectivity index (χ2v) is 7.77. The van der Waals surface area contributed by atoms with E-state index in [2.05, 4.69) is 15.3 Å². The number of nitrogen functional groups attached to an aromatic ring is 1. The van der Waals surface area contributed by atoms with Crippen LogP contribution in [0, 0.1) is 11.0 Å². The highest BCUT2D eigenvalue weighted by molar-refractivity contribution is 5.95. The number of nitrogens with zero attached hydrogens (tertiary/aromatic N) is 5. The molecule has 3 N–H and O–H groups in total. The molecule has 30 heavy (non-hydrogen) atoms. The van der Waals surface area contributed by atoms with E-state index in [-0.39, 0.29) is 24.5 Å². The number of benzene rings is 1. The number of rotatable bonds is 5. The molecule has 0 radical (unpaired) electrons. The summed E-state index contributed by atoms with van der Waals surface area (Å²) in [5.74, 6) is -0.294. The molecule has 8 nitrogen and oxygen atoms in total. The first kappa shape index (κ1) is 19.7. The Bertz CT molecular complexity index is 1240. The standard InChI is InChI=1S/C21H21FN6O2/c1-21(2,12-29)18-8-3-5-13(28(18)30)10-27-11-17(25-26-27)15-9-19(23)24-20-14(15)6-4-7-16(20)22/h3-9,11,29H,10,12H2,1-2H3,(H2,23,24). The highest BCUT2D eigenvalue weighted by Crippen LogP contribution is 2.29. The maximum absolute atomic E-state index is 14.1. The number of fused-ring (bicyclic) bond motifs is 1. The lowest BCUT2D eigenvalue weighted by atomic mass is 9.90. The predicted molar refractivity (Wildman–Crippen MR) is 110 cm³/mol. The molecule has 3 aromatic heterocycles. The van der Waals surface area contributed by atoms with Crippen molar-refractivity contribution in [3.63, 3.8) is 0 Å². The molecule has 0 fully saturated rings. The third-order valence-corrected chi connectivity index (χ3v) is 5.06. The van der Waals surface area contributed by atoms with Gasteiger partial charge >= 0.3 is 0 Å². The lowest BCUT2D eigenvalue weighted by molar-refractivity contribution is -0.627. The van der Waals surface area contributed by atoms with E-state index in [4.69, 9.17) is 5.73 Å². The zero-order valence-corrected chi connectivity index (χ0v) is 16.6. The van der Waals surface area contributed by atoms with Gasteiger partial charge in [0.15, 0.2) is 0 Å². The molecule has 0 unspecified atom stereocenters. The number of para-hydroxylation sites is 1. The van der Waals surface area contributed by atoms with Crippen molar-refractivity contribution < 1.29 is 14.2 Å². The number of anilines is 1. The first-order valence-electron chi connectivity index (χ1n) is 9.38. The Kier molecular flexibility index (Phi) is 4.83. The highest BCUT2D eigenvalue weighted by Gasteiger charge is 2.29. The van der Waals surface area contributed by atoms with Crippen LogP contribution in [0.15, 0.2) is 48.7 Å². The number of aliphatic hydroxyl groups is 1. The summed E-state index contributed by atoms with van der Waals surface area (Å²) in [4.78, 5) is 4.07. The van der Waals surface area contributed by atoms with Crippen molar-refractivity contribution in [2.45, 2.75) is 25.8 Å². The van der Waals surface area contributed by atoms with E-state index in [9.17, 15) is 14.7 Å². The number of aromatic nitrogens is 5. The SMILES string of the molecule is CC(C)(CO)c1cccc(Cn2cc(-c3cc(N)nc4c(F)cccc34)nn2)[n+]1[O-]. The molecule has 0 aliphatic carbocycles. The molecule has 0 saturated carbocycles. The van der Waals surface area contributed by atoms with Gasteiger partial charge in [0.05, 0.1) is 18.2 Å².